The fraction of sp³-hybridized carbons (Fsp3) is 0.125. The molecule has 7 nitrogen and oxygen atoms in total. The summed E-state index contributed by atoms with van der Waals surface area (Å²) in [5, 5.41) is 16.5. The first-order valence-electron chi connectivity index (χ1n) is 9.74. The third-order valence-electron chi connectivity index (χ3n) is 4.46. The molecule has 3 aromatic rings. The molecule has 3 rings (SSSR count). The zero-order chi connectivity index (χ0) is 22.2. The van der Waals surface area contributed by atoms with Crippen molar-refractivity contribution in [3.63, 3.8) is 0 Å². The van der Waals surface area contributed by atoms with E-state index in [1.807, 2.05) is 32.0 Å². The maximum Gasteiger partial charge on any atom is 0.271 e. The molecule has 3 aromatic carbocycles. The summed E-state index contributed by atoms with van der Waals surface area (Å²) in [6, 6.07) is 18.6. The summed E-state index contributed by atoms with van der Waals surface area (Å²) in [4.78, 5) is 24.7. The standard InChI is InChI=1S/C24H23N3O4/c1-3-31-22-14-17(8-13-21(22)28)15-25-27-23(29)18-9-11-19(12-10-18)26-24(30)20-7-5-4-6-16(20)2/h4-15,28H,3H2,1-2H3,(H,26,30)(H,27,29)/b25-15+. The van der Waals surface area contributed by atoms with Crippen LogP contribution in [0.25, 0.3) is 0 Å². The van der Waals surface area contributed by atoms with Gasteiger partial charge in [0.2, 0.25) is 0 Å². The topological polar surface area (TPSA) is 100 Å². The number of ether oxygens (including phenoxy) is 1. The largest absolute Gasteiger partial charge is 0.504 e. The second-order valence-electron chi connectivity index (χ2n) is 6.71. The highest BCUT2D eigenvalue weighted by atomic mass is 16.5. The van der Waals surface area contributed by atoms with E-state index >= 15 is 0 Å². The van der Waals surface area contributed by atoms with Crippen molar-refractivity contribution in [3.05, 3.63) is 89.0 Å². The minimum absolute atomic E-state index is 0.0395. The Hall–Kier alpha value is -4.13. The molecular formula is C24H23N3O4. The number of amides is 2. The number of phenolic OH excluding ortho intramolecular Hbond substituents is 1. The highest BCUT2D eigenvalue weighted by molar-refractivity contribution is 6.05. The number of hydrogen-bond acceptors (Lipinski definition) is 5. The molecule has 0 aliphatic carbocycles. The van der Waals surface area contributed by atoms with E-state index in [0.717, 1.165) is 5.56 Å². The number of aromatic hydroxyl groups is 1. The summed E-state index contributed by atoms with van der Waals surface area (Å²) in [6.45, 7) is 4.12. The predicted molar refractivity (Wildman–Crippen MR) is 120 cm³/mol. The van der Waals surface area contributed by atoms with Gasteiger partial charge in [-0.2, -0.15) is 5.10 Å². The van der Waals surface area contributed by atoms with Gasteiger partial charge in [-0.25, -0.2) is 5.43 Å². The highest BCUT2D eigenvalue weighted by Gasteiger charge is 2.10. The van der Waals surface area contributed by atoms with Gasteiger partial charge in [-0.15, -0.1) is 0 Å². The number of hydrogen-bond donors (Lipinski definition) is 3. The third kappa shape index (κ3) is 5.70. The van der Waals surface area contributed by atoms with Crippen molar-refractivity contribution in [2.45, 2.75) is 13.8 Å². The average Bonchev–Trinajstić information content (AvgIpc) is 2.77. The molecule has 0 saturated heterocycles. The predicted octanol–water partition coefficient (Wildman–Crippen LogP) is 4.12. The molecule has 0 spiro atoms. The Balaban J connectivity index is 1.59. The lowest BCUT2D eigenvalue weighted by molar-refractivity contribution is 0.0954. The molecule has 2 amide bonds. The van der Waals surface area contributed by atoms with Crippen LogP contribution in [0.15, 0.2) is 71.8 Å². The van der Waals surface area contributed by atoms with E-state index in [1.165, 1.54) is 12.3 Å². The number of nitrogens with one attached hydrogen (secondary N) is 2. The number of hydrazone groups is 1. The Morgan fingerprint density at radius 3 is 2.48 bits per heavy atom. The van der Waals surface area contributed by atoms with E-state index in [0.29, 0.717) is 34.7 Å². The molecule has 0 fully saturated rings. The molecule has 0 radical (unpaired) electrons. The highest BCUT2D eigenvalue weighted by Crippen LogP contribution is 2.26. The number of carbonyl (C=O) groups excluding carboxylic acids is 2. The lowest BCUT2D eigenvalue weighted by atomic mass is 10.1. The minimum atomic E-state index is -0.392. The molecule has 0 aromatic heterocycles. The van der Waals surface area contributed by atoms with Crippen molar-refractivity contribution in [3.8, 4) is 11.5 Å². The fourth-order valence-electron chi connectivity index (χ4n) is 2.84. The first-order chi connectivity index (χ1) is 15.0. The van der Waals surface area contributed by atoms with Crippen LogP contribution in [0.4, 0.5) is 5.69 Å². The third-order valence-corrected chi connectivity index (χ3v) is 4.46. The van der Waals surface area contributed by atoms with Crippen molar-refractivity contribution >= 4 is 23.7 Å². The molecule has 0 atom stereocenters. The lowest BCUT2D eigenvalue weighted by Crippen LogP contribution is -2.18. The van der Waals surface area contributed by atoms with Crippen LogP contribution in [0.5, 0.6) is 11.5 Å². The van der Waals surface area contributed by atoms with Gasteiger partial charge in [-0.3, -0.25) is 9.59 Å². The summed E-state index contributed by atoms with van der Waals surface area (Å²) >= 11 is 0. The van der Waals surface area contributed by atoms with Crippen LogP contribution in [0, 0.1) is 6.92 Å². The molecule has 3 N–H and O–H groups in total. The van der Waals surface area contributed by atoms with Gasteiger partial charge in [0.25, 0.3) is 11.8 Å². The molecule has 0 saturated carbocycles. The summed E-state index contributed by atoms with van der Waals surface area (Å²) in [5.41, 5.74) is 5.57. The first-order valence-corrected chi connectivity index (χ1v) is 9.74. The first kappa shape index (κ1) is 21.6. The zero-order valence-corrected chi connectivity index (χ0v) is 17.3. The number of benzene rings is 3. The number of rotatable bonds is 7. The van der Waals surface area contributed by atoms with Gasteiger partial charge < -0.3 is 15.2 Å². The number of carbonyl (C=O) groups is 2. The lowest BCUT2D eigenvalue weighted by Gasteiger charge is -2.08. The molecule has 7 heteroatoms. The second-order valence-corrected chi connectivity index (χ2v) is 6.71. The van der Waals surface area contributed by atoms with E-state index < -0.39 is 5.91 Å². The van der Waals surface area contributed by atoms with Crippen LogP contribution in [-0.4, -0.2) is 29.7 Å². The van der Waals surface area contributed by atoms with Crippen molar-refractivity contribution in [1.29, 1.82) is 0 Å². The van der Waals surface area contributed by atoms with Crippen LogP contribution in [-0.2, 0) is 0 Å². The molecule has 0 heterocycles. The molecule has 0 bridgehead atoms. The zero-order valence-electron chi connectivity index (χ0n) is 17.3. The van der Waals surface area contributed by atoms with Crippen molar-refractivity contribution in [2.75, 3.05) is 11.9 Å². The summed E-state index contributed by atoms with van der Waals surface area (Å²) in [7, 11) is 0. The van der Waals surface area contributed by atoms with E-state index in [2.05, 4.69) is 15.8 Å². The minimum Gasteiger partial charge on any atom is -0.504 e. The number of nitrogens with zero attached hydrogens (tertiary/aromatic N) is 1. The van der Waals surface area contributed by atoms with Gasteiger partial charge in [0, 0.05) is 16.8 Å². The van der Waals surface area contributed by atoms with Gasteiger partial charge >= 0.3 is 0 Å². The van der Waals surface area contributed by atoms with Crippen molar-refractivity contribution < 1.29 is 19.4 Å². The maximum atomic E-state index is 12.4. The quantitative estimate of drug-likeness (QED) is 0.398. The normalized spacial score (nSPS) is 10.6. The van der Waals surface area contributed by atoms with E-state index in [9.17, 15) is 14.7 Å². The van der Waals surface area contributed by atoms with Crippen molar-refractivity contribution in [1.82, 2.24) is 5.43 Å². The van der Waals surface area contributed by atoms with E-state index in [4.69, 9.17) is 4.74 Å². The summed E-state index contributed by atoms with van der Waals surface area (Å²) in [5.74, 6) is -0.212. The van der Waals surface area contributed by atoms with Crippen LogP contribution < -0.4 is 15.5 Å². The average molecular weight is 417 g/mol. The SMILES string of the molecule is CCOc1cc(/C=N/NC(=O)c2ccc(NC(=O)c3ccccc3C)cc2)ccc1O. The molecular weight excluding hydrogens is 394 g/mol. The Labute approximate surface area is 180 Å². The molecule has 158 valence electrons. The van der Waals surface area contributed by atoms with Crippen LogP contribution >= 0.6 is 0 Å². The Bertz CT molecular complexity index is 1110. The monoisotopic (exact) mass is 417 g/mol. The number of anilines is 1. The van der Waals surface area contributed by atoms with Gasteiger partial charge in [0.05, 0.1) is 12.8 Å². The van der Waals surface area contributed by atoms with Crippen LogP contribution in [0.3, 0.4) is 0 Å². The van der Waals surface area contributed by atoms with Gasteiger partial charge in [-0.1, -0.05) is 18.2 Å². The molecule has 0 unspecified atom stereocenters. The smallest absolute Gasteiger partial charge is 0.271 e. The van der Waals surface area contributed by atoms with Crippen LogP contribution in [0.2, 0.25) is 0 Å². The summed E-state index contributed by atoms with van der Waals surface area (Å²) in [6.07, 6.45) is 1.46. The number of aryl methyl sites for hydroxylation is 1. The van der Waals surface area contributed by atoms with Gasteiger partial charge in [0.1, 0.15) is 0 Å². The van der Waals surface area contributed by atoms with Crippen molar-refractivity contribution in [2.24, 2.45) is 5.10 Å². The summed E-state index contributed by atoms with van der Waals surface area (Å²) < 4.78 is 5.32. The fourth-order valence-corrected chi connectivity index (χ4v) is 2.84. The van der Waals surface area contributed by atoms with E-state index in [1.54, 1.807) is 42.5 Å². The Morgan fingerprint density at radius 2 is 1.77 bits per heavy atom. The van der Waals surface area contributed by atoms with Gasteiger partial charge in [-0.05, 0) is 73.5 Å². The molecule has 0 aliphatic heterocycles. The molecule has 31 heavy (non-hydrogen) atoms. The number of phenols is 1. The second kappa shape index (κ2) is 10.1. The van der Waals surface area contributed by atoms with Crippen LogP contribution in [0.1, 0.15) is 38.8 Å². The molecule has 0 aliphatic rings. The Morgan fingerprint density at radius 1 is 1.03 bits per heavy atom. The Kier molecular flexibility index (Phi) is 7.01. The van der Waals surface area contributed by atoms with Gasteiger partial charge in [0.15, 0.2) is 11.5 Å². The van der Waals surface area contributed by atoms with E-state index in [-0.39, 0.29) is 11.7 Å². The maximum absolute atomic E-state index is 12.4.